The minimum atomic E-state index is -0.450. The number of nitrogens with one attached hydrogen (secondary N) is 1. The monoisotopic (exact) mass is 360 g/mol. The molecule has 1 saturated heterocycles. The Hall–Kier alpha value is -2.25. The first-order valence-electron chi connectivity index (χ1n) is 8.90. The molecule has 2 aromatic rings. The molecule has 1 N–H and O–H groups in total. The zero-order chi connectivity index (χ0) is 18.5. The second kappa shape index (κ2) is 8.42. The second-order valence-corrected chi connectivity index (χ2v) is 6.69. The standard InChI is InChI=1S/C19H25FN4O2/c1-23-8-10-24(11-9-23)7-3-4-15-16(13-21-22-19(15)25)14-5-6-18(26-2)17(20)12-14/h5-6,12-13H,3-4,7-11H2,1-2H3,(H,22,25). The van der Waals surface area contributed by atoms with Crippen LogP contribution in [0.25, 0.3) is 11.1 Å². The van der Waals surface area contributed by atoms with Crippen LogP contribution in [0.4, 0.5) is 4.39 Å². The fraction of sp³-hybridized carbons (Fsp3) is 0.474. The third kappa shape index (κ3) is 4.28. The van der Waals surface area contributed by atoms with Gasteiger partial charge in [0.15, 0.2) is 11.6 Å². The average Bonchev–Trinajstić information content (AvgIpc) is 2.64. The van der Waals surface area contributed by atoms with E-state index in [9.17, 15) is 9.18 Å². The SMILES string of the molecule is COc1ccc(-c2cn[nH]c(=O)c2CCCN2CCN(C)CC2)cc1F. The summed E-state index contributed by atoms with van der Waals surface area (Å²) in [6.45, 7) is 5.21. The van der Waals surface area contributed by atoms with Crippen LogP contribution in [0.1, 0.15) is 12.0 Å². The number of aromatic nitrogens is 2. The number of aromatic amines is 1. The van der Waals surface area contributed by atoms with Crippen LogP contribution < -0.4 is 10.3 Å². The van der Waals surface area contributed by atoms with Gasteiger partial charge in [-0.15, -0.1) is 0 Å². The highest BCUT2D eigenvalue weighted by Crippen LogP contribution is 2.26. The van der Waals surface area contributed by atoms with E-state index < -0.39 is 5.82 Å². The number of hydrogen-bond donors (Lipinski definition) is 1. The number of methoxy groups -OCH3 is 1. The maximum Gasteiger partial charge on any atom is 0.267 e. The lowest BCUT2D eigenvalue weighted by molar-refractivity contribution is 0.153. The molecule has 0 atom stereocenters. The summed E-state index contributed by atoms with van der Waals surface area (Å²) in [4.78, 5) is 17.0. The van der Waals surface area contributed by atoms with Crippen molar-refractivity contribution in [2.45, 2.75) is 12.8 Å². The Morgan fingerprint density at radius 1 is 1.27 bits per heavy atom. The van der Waals surface area contributed by atoms with Crippen molar-refractivity contribution in [1.29, 1.82) is 0 Å². The van der Waals surface area contributed by atoms with E-state index in [4.69, 9.17) is 4.74 Å². The lowest BCUT2D eigenvalue weighted by atomic mass is 9.99. The van der Waals surface area contributed by atoms with Gasteiger partial charge in [0.05, 0.1) is 13.3 Å². The van der Waals surface area contributed by atoms with E-state index in [1.54, 1.807) is 18.3 Å². The van der Waals surface area contributed by atoms with Crippen LogP contribution in [0.5, 0.6) is 5.75 Å². The normalized spacial score (nSPS) is 16.0. The van der Waals surface area contributed by atoms with E-state index in [2.05, 4.69) is 27.0 Å². The molecule has 1 fully saturated rings. The van der Waals surface area contributed by atoms with Crippen molar-refractivity contribution in [2.24, 2.45) is 0 Å². The molecule has 0 saturated carbocycles. The summed E-state index contributed by atoms with van der Waals surface area (Å²) in [5, 5.41) is 6.39. The first kappa shape index (κ1) is 18.5. The van der Waals surface area contributed by atoms with Crippen LogP contribution >= 0.6 is 0 Å². The topological polar surface area (TPSA) is 61.5 Å². The molecule has 140 valence electrons. The van der Waals surface area contributed by atoms with E-state index >= 15 is 0 Å². The lowest BCUT2D eigenvalue weighted by Gasteiger charge is -2.32. The maximum absolute atomic E-state index is 14.1. The molecule has 0 amide bonds. The van der Waals surface area contributed by atoms with Crippen LogP contribution in [-0.2, 0) is 6.42 Å². The van der Waals surface area contributed by atoms with Gasteiger partial charge in [0, 0.05) is 37.3 Å². The van der Waals surface area contributed by atoms with Crippen molar-refractivity contribution in [3.8, 4) is 16.9 Å². The van der Waals surface area contributed by atoms with Gasteiger partial charge in [-0.25, -0.2) is 9.49 Å². The predicted octanol–water partition coefficient (Wildman–Crippen LogP) is 1.76. The highest BCUT2D eigenvalue weighted by Gasteiger charge is 2.15. The number of piperazine rings is 1. The maximum atomic E-state index is 14.1. The Labute approximate surface area is 152 Å². The fourth-order valence-electron chi connectivity index (χ4n) is 3.30. The second-order valence-electron chi connectivity index (χ2n) is 6.69. The smallest absolute Gasteiger partial charge is 0.267 e. The minimum Gasteiger partial charge on any atom is -0.494 e. The molecule has 3 rings (SSSR count). The van der Waals surface area contributed by atoms with Gasteiger partial charge in [-0.05, 0) is 44.1 Å². The highest BCUT2D eigenvalue weighted by molar-refractivity contribution is 5.66. The number of halogens is 1. The van der Waals surface area contributed by atoms with Crippen molar-refractivity contribution in [3.63, 3.8) is 0 Å². The first-order valence-corrected chi connectivity index (χ1v) is 8.90. The summed E-state index contributed by atoms with van der Waals surface area (Å²) in [6.07, 6.45) is 3.10. The Morgan fingerprint density at radius 2 is 2.04 bits per heavy atom. The zero-order valence-corrected chi connectivity index (χ0v) is 15.3. The van der Waals surface area contributed by atoms with Crippen LogP contribution in [-0.4, -0.2) is 66.9 Å². The number of H-pyrrole nitrogens is 1. The third-order valence-electron chi connectivity index (χ3n) is 4.92. The van der Waals surface area contributed by atoms with Crippen LogP contribution in [0, 0.1) is 5.82 Å². The molecule has 1 aromatic heterocycles. The van der Waals surface area contributed by atoms with Gasteiger partial charge in [-0.3, -0.25) is 4.79 Å². The summed E-state index contributed by atoms with van der Waals surface area (Å²) in [5.74, 6) is -0.267. The van der Waals surface area contributed by atoms with Crippen LogP contribution in [0.2, 0.25) is 0 Å². The minimum absolute atomic E-state index is 0.183. The van der Waals surface area contributed by atoms with Gasteiger partial charge in [0.2, 0.25) is 0 Å². The molecule has 0 radical (unpaired) electrons. The number of nitrogens with zero attached hydrogens (tertiary/aromatic N) is 3. The third-order valence-corrected chi connectivity index (χ3v) is 4.92. The molecule has 1 aromatic carbocycles. The van der Waals surface area contributed by atoms with Crippen molar-refractivity contribution >= 4 is 0 Å². The van der Waals surface area contributed by atoms with E-state index in [1.807, 2.05) is 0 Å². The zero-order valence-electron chi connectivity index (χ0n) is 15.3. The van der Waals surface area contributed by atoms with Crippen molar-refractivity contribution in [1.82, 2.24) is 20.0 Å². The van der Waals surface area contributed by atoms with Crippen molar-refractivity contribution < 1.29 is 9.13 Å². The van der Waals surface area contributed by atoms with Crippen molar-refractivity contribution in [2.75, 3.05) is 46.9 Å². The van der Waals surface area contributed by atoms with Crippen molar-refractivity contribution in [3.05, 3.63) is 46.1 Å². The Bertz CT molecular complexity index is 800. The quantitative estimate of drug-likeness (QED) is 0.851. The van der Waals surface area contributed by atoms with Crippen LogP contribution in [0.3, 0.4) is 0 Å². The molecule has 2 heterocycles. The molecule has 1 aliphatic rings. The molecule has 1 aliphatic heterocycles. The summed E-state index contributed by atoms with van der Waals surface area (Å²) in [5.41, 5.74) is 1.75. The molecule has 0 bridgehead atoms. The number of likely N-dealkylation sites (N-methyl/N-ethyl adjacent to an activating group) is 1. The highest BCUT2D eigenvalue weighted by atomic mass is 19.1. The largest absolute Gasteiger partial charge is 0.494 e. The molecule has 0 aliphatic carbocycles. The molecule has 0 unspecified atom stereocenters. The Balaban J connectivity index is 1.73. The molecular weight excluding hydrogens is 335 g/mol. The Kier molecular flexibility index (Phi) is 6.00. The number of benzene rings is 1. The molecule has 0 spiro atoms. The van der Waals surface area contributed by atoms with E-state index in [1.165, 1.54) is 13.2 Å². The summed E-state index contributed by atoms with van der Waals surface area (Å²) < 4.78 is 19.0. The first-order chi connectivity index (χ1) is 12.6. The predicted molar refractivity (Wildman–Crippen MR) is 99.1 cm³/mol. The lowest BCUT2D eigenvalue weighted by Crippen LogP contribution is -2.44. The van der Waals surface area contributed by atoms with Gasteiger partial charge >= 0.3 is 0 Å². The summed E-state index contributed by atoms with van der Waals surface area (Å²) in [6, 6.07) is 4.71. The fourth-order valence-corrected chi connectivity index (χ4v) is 3.30. The number of hydrogen-bond acceptors (Lipinski definition) is 5. The van der Waals surface area contributed by atoms with E-state index in [0.29, 0.717) is 23.1 Å². The molecule has 26 heavy (non-hydrogen) atoms. The van der Waals surface area contributed by atoms with E-state index in [0.717, 1.165) is 39.1 Å². The van der Waals surface area contributed by atoms with E-state index in [-0.39, 0.29) is 11.3 Å². The Morgan fingerprint density at radius 3 is 2.73 bits per heavy atom. The average molecular weight is 360 g/mol. The van der Waals surface area contributed by atoms with Gasteiger partial charge in [0.25, 0.3) is 5.56 Å². The van der Waals surface area contributed by atoms with Gasteiger partial charge < -0.3 is 14.5 Å². The van der Waals surface area contributed by atoms with Gasteiger partial charge in [-0.1, -0.05) is 6.07 Å². The van der Waals surface area contributed by atoms with Gasteiger partial charge in [0.1, 0.15) is 0 Å². The molecule has 7 heteroatoms. The van der Waals surface area contributed by atoms with Crippen LogP contribution in [0.15, 0.2) is 29.2 Å². The van der Waals surface area contributed by atoms with Gasteiger partial charge in [-0.2, -0.15) is 5.10 Å². The summed E-state index contributed by atoms with van der Waals surface area (Å²) in [7, 11) is 3.56. The molecule has 6 nitrogen and oxygen atoms in total. The molecular formula is C19H25FN4O2. The number of rotatable bonds is 6. The number of ether oxygens (including phenoxy) is 1. The summed E-state index contributed by atoms with van der Waals surface area (Å²) >= 11 is 0.